The van der Waals surface area contributed by atoms with E-state index in [1.807, 2.05) is 20.8 Å². The third-order valence-corrected chi connectivity index (χ3v) is 6.94. The Bertz CT molecular complexity index is 726. The van der Waals surface area contributed by atoms with Crippen molar-refractivity contribution in [3.8, 4) is 0 Å². The minimum Gasteiger partial charge on any atom is -0.379 e. The van der Waals surface area contributed by atoms with Gasteiger partial charge in [-0.15, -0.1) is 0 Å². The number of rotatable bonds is 7. The normalized spacial score (nSPS) is 17.3. The average molecular weight is 384 g/mol. The van der Waals surface area contributed by atoms with E-state index < -0.39 is 10.0 Å². The first-order valence-corrected chi connectivity index (χ1v) is 10.5. The molecule has 0 spiro atoms. The van der Waals surface area contributed by atoms with E-state index in [0.717, 1.165) is 0 Å². The second-order valence-electron chi connectivity index (χ2n) is 6.38. The summed E-state index contributed by atoms with van der Waals surface area (Å²) in [6.45, 7) is 10.7. The Hall–Kier alpha value is -1.48. The summed E-state index contributed by atoms with van der Waals surface area (Å²) >= 11 is 0. The molecular weight excluding hydrogens is 354 g/mol. The van der Waals surface area contributed by atoms with Gasteiger partial charge in [0.1, 0.15) is 0 Å². The molecule has 26 heavy (non-hydrogen) atoms. The molecule has 1 aromatic rings. The van der Waals surface area contributed by atoms with E-state index >= 15 is 0 Å². The van der Waals surface area contributed by atoms with Gasteiger partial charge < -0.3 is 10.1 Å². The highest BCUT2D eigenvalue weighted by atomic mass is 32.2. The van der Waals surface area contributed by atoms with E-state index in [4.69, 9.17) is 4.74 Å². The summed E-state index contributed by atoms with van der Waals surface area (Å²) in [6, 6.07) is 4.71. The van der Waals surface area contributed by atoms with E-state index in [-0.39, 0.29) is 16.8 Å². The first-order valence-electron chi connectivity index (χ1n) is 9.04. The lowest BCUT2D eigenvalue weighted by molar-refractivity contribution is -0.122. The molecule has 0 radical (unpaired) electrons. The summed E-state index contributed by atoms with van der Waals surface area (Å²) in [4.78, 5) is 14.8. The van der Waals surface area contributed by atoms with Crippen LogP contribution in [0.4, 0.5) is 5.69 Å². The standard InChI is InChI=1S/C18H29N3O4S/c1-5-21(6-2)26(23,24)17-13-16(8-7-14(17)3)19-18(22)15(4)20-9-11-25-12-10-20/h7-8,13,15H,5-6,9-12H2,1-4H3,(H,19,22)/t15-/m1/s1. The number of nitrogens with zero attached hydrogens (tertiary/aromatic N) is 2. The van der Waals surface area contributed by atoms with Crippen LogP contribution < -0.4 is 5.32 Å². The minimum absolute atomic E-state index is 0.151. The number of morpholine rings is 1. The number of ether oxygens (including phenoxy) is 1. The molecule has 1 atom stereocenters. The molecule has 1 heterocycles. The number of sulfonamides is 1. The van der Waals surface area contributed by atoms with Crippen LogP contribution in [0.15, 0.2) is 23.1 Å². The smallest absolute Gasteiger partial charge is 0.243 e. The molecule has 1 N–H and O–H groups in total. The molecule has 146 valence electrons. The first kappa shape index (κ1) is 20.8. The number of carbonyl (C=O) groups excluding carboxylic acids is 1. The van der Waals surface area contributed by atoms with Crippen LogP contribution in [0.2, 0.25) is 0 Å². The number of carbonyl (C=O) groups is 1. The predicted octanol–water partition coefficient (Wildman–Crippen LogP) is 1.68. The third-order valence-electron chi connectivity index (χ3n) is 4.75. The highest BCUT2D eigenvalue weighted by molar-refractivity contribution is 7.89. The van der Waals surface area contributed by atoms with Crippen LogP contribution in [0.25, 0.3) is 0 Å². The summed E-state index contributed by atoms with van der Waals surface area (Å²) in [5.74, 6) is -0.151. The Balaban J connectivity index is 2.19. The molecule has 7 nitrogen and oxygen atoms in total. The lowest BCUT2D eigenvalue weighted by atomic mass is 10.2. The van der Waals surface area contributed by atoms with Crippen molar-refractivity contribution in [2.24, 2.45) is 0 Å². The summed E-state index contributed by atoms with van der Waals surface area (Å²) in [6.07, 6.45) is 0. The number of aryl methyl sites for hydroxylation is 1. The van der Waals surface area contributed by atoms with Gasteiger partial charge in [0.2, 0.25) is 15.9 Å². The quantitative estimate of drug-likeness (QED) is 0.775. The van der Waals surface area contributed by atoms with Crippen LogP contribution in [0.3, 0.4) is 0 Å². The monoisotopic (exact) mass is 383 g/mol. The number of hydrogen-bond acceptors (Lipinski definition) is 5. The van der Waals surface area contributed by atoms with Crippen LogP contribution in [-0.2, 0) is 19.6 Å². The Morgan fingerprint density at radius 1 is 1.27 bits per heavy atom. The molecule has 0 bridgehead atoms. The van der Waals surface area contributed by atoms with Crippen molar-refractivity contribution in [3.05, 3.63) is 23.8 Å². The fourth-order valence-corrected chi connectivity index (χ4v) is 4.74. The zero-order chi connectivity index (χ0) is 19.3. The second kappa shape index (κ2) is 8.94. The molecular formula is C18H29N3O4S. The van der Waals surface area contributed by atoms with Crippen molar-refractivity contribution < 1.29 is 17.9 Å². The van der Waals surface area contributed by atoms with Gasteiger partial charge in [-0.3, -0.25) is 9.69 Å². The Kier molecular flexibility index (Phi) is 7.16. The summed E-state index contributed by atoms with van der Waals surface area (Å²) in [5, 5.41) is 2.85. The van der Waals surface area contributed by atoms with E-state index in [9.17, 15) is 13.2 Å². The number of anilines is 1. The number of nitrogens with one attached hydrogen (secondary N) is 1. The second-order valence-corrected chi connectivity index (χ2v) is 8.29. The van der Waals surface area contributed by atoms with Crippen LogP contribution in [0.1, 0.15) is 26.3 Å². The number of amides is 1. The first-order chi connectivity index (χ1) is 12.3. The topological polar surface area (TPSA) is 79.0 Å². The van der Waals surface area contributed by atoms with Gasteiger partial charge in [-0.2, -0.15) is 4.31 Å². The van der Waals surface area contributed by atoms with Crippen LogP contribution in [0.5, 0.6) is 0 Å². The summed E-state index contributed by atoms with van der Waals surface area (Å²) in [5.41, 5.74) is 1.16. The maximum absolute atomic E-state index is 12.8. The molecule has 0 unspecified atom stereocenters. The number of hydrogen-bond donors (Lipinski definition) is 1. The van der Waals surface area contributed by atoms with Gasteiger partial charge in [-0.25, -0.2) is 8.42 Å². The molecule has 1 amide bonds. The minimum atomic E-state index is -3.58. The zero-order valence-corrected chi connectivity index (χ0v) is 16.8. The van der Waals surface area contributed by atoms with Gasteiger partial charge in [-0.1, -0.05) is 19.9 Å². The van der Waals surface area contributed by atoms with Gasteiger partial charge in [-0.05, 0) is 31.5 Å². The Labute approximate surface area is 156 Å². The van der Waals surface area contributed by atoms with Crippen LogP contribution in [0, 0.1) is 6.92 Å². The molecule has 0 saturated carbocycles. The van der Waals surface area contributed by atoms with Gasteiger partial charge in [0.15, 0.2) is 0 Å². The fraction of sp³-hybridized carbons (Fsp3) is 0.611. The van der Waals surface area contributed by atoms with Crippen molar-refractivity contribution in [1.82, 2.24) is 9.21 Å². The Morgan fingerprint density at radius 2 is 1.88 bits per heavy atom. The van der Waals surface area contributed by atoms with Crippen molar-refractivity contribution in [3.63, 3.8) is 0 Å². The molecule has 0 aromatic heterocycles. The summed E-state index contributed by atoms with van der Waals surface area (Å²) < 4.78 is 32.4. The largest absolute Gasteiger partial charge is 0.379 e. The molecule has 1 aromatic carbocycles. The van der Waals surface area contributed by atoms with E-state index in [0.29, 0.717) is 50.6 Å². The van der Waals surface area contributed by atoms with Crippen molar-refractivity contribution in [2.75, 3.05) is 44.7 Å². The predicted molar refractivity (Wildman–Crippen MR) is 102 cm³/mol. The molecule has 1 fully saturated rings. The summed E-state index contributed by atoms with van der Waals surface area (Å²) in [7, 11) is -3.58. The van der Waals surface area contributed by atoms with Crippen LogP contribution >= 0.6 is 0 Å². The fourth-order valence-electron chi connectivity index (χ4n) is 3.04. The van der Waals surface area contributed by atoms with Crippen molar-refractivity contribution in [2.45, 2.75) is 38.6 Å². The van der Waals surface area contributed by atoms with E-state index in [1.54, 1.807) is 25.1 Å². The van der Waals surface area contributed by atoms with Gasteiger partial charge in [0.25, 0.3) is 0 Å². The van der Waals surface area contributed by atoms with Crippen LogP contribution in [-0.4, -0.2) is 69.0 Å². The molecule has 0 aliphatic carbocycles. The lowest BCUT2D eigenvalue weighted by Crippen LogP contribution is -2.47. The van der Waals surface area contributed by atoms with Crippen molar-refractivity contribution in [1.29, 1.82) is 0 Å². The maximum atomic E-state index is 12.8. The van der Waals surface area contributed by atoms with E-state index in [1.165, 1.54) is 4.31 Å². The number of benzene rings is 1. The highest BCUT2D eigenvalue weighted by Crippen LogP contribution is 2.24. The van der Waals surface area contributed by atoms with Gasteiger partial charge in [0, 0.05) is 31.9 Å². The Morgan fingerprint density at radius 3 is 2.46 bits per heavy atom. The molecule has 1 aliphatic heterocycles. The zero-order valence-electron chi connectivity index (χ0n) is 16.0. The molecule has 1 saturated heterocycles. The lowest BCUT2D eigenvalue weighted by Gasteiger charge is -2.31. The van der Waals surface area contributed by atoms with Crippen molar-refractivity contribution >= 4 is 21.6 Å². The molecule has 8 heteroatoms. The average Bonchev–Trinajstić information content (AvgIpc) is 2.64. The third kappa shape index (κ3) is 4.62. The molecule has 1 aliphatic rings. The SMILES string of the molecule is CCN(CC)S(=O)(=O)c1cc(NC(=O)[C@@H](C)N2CCOCC2)ccc1C. The molecule has 2 rings (SSSR count). The highest BCUT2D eigenvalue weighted by Gasteiger charge is 2.26. The van der Waals surface area contributed by atoms with Gasteiger partial charge in [0.05, 0.1) is 24.2 Å². The van der Waals surface area contributed by atoms with Gasteiger partial charge >= 0.3 is 0 Å². The maximum Gasteiger partial charge on any atom is 0.243 e. The van der Waals surface area contributed by atoms with E-state index in [2.05, 4.69) is 10.2 Å².